The number of hydrogen-bond donors (Lipinski definition) is 1. The van der Waals surface area contributed by atoms with Gasteiger partial charge in [0.05, 0.1) is 6.54 Å². The smallest absolute Gasteiger partial charge is 0.151 e. The summed E-state index contributed by atoms with van der Waals surface area (Å²) in [4.78, 5) is 14.0. The molecule has 2 N–H and O–H groups in total. The van der Waals surface area contributed by atoms with E-state index in [0.29, 0.717) is 12.1 Å². The van der Waals surface area contributed by atoms with Crippen LogP contribution in [0.4, 0.5) is 4.39 Å². The van der Waals surface area contributed by atoms with Crippen molar-refractivity contribution >= 4 is 5.78 Å². The zero-order valence-electron chi connectivity index (χ0n) is 10.4. The highest BCUT2D eigenvalue weighted by Gasteiger charge is 2.18. The van der Waals surface area contributed by atoms with Gasteiger partial charge in [-0.15, -0.1) is 0 Å². The molecule has 1 aliphatic heterocycles. The van der Waals surface area contributed by atoms with Gasteiger partial charge in [-0.05, 0) is 24.5 Å². The summed E-state index contributed by atoms with van der Waals surface area (Å²) in [5, 5.41) is 0. The van der Waals surface area contributed by atoms with Gasteiger partial charge in [0.1, 0.15) is 5.82 Å². The molecule has 0 atom stereocenters. The molecule has 1 aliphatic rings. The molecule has 0 radical (unpaired) electrons. The topological polar surface area (TPSA) is 46.3 Å². The fraction of sp³-hybridized carbons (Fsp3) is 0.500. The third kappa shape index (κ3) is 3.62. The molecule has 3 nitrogen and oxygen atoms in total. The Bertz CT molecular complexity index is 414. The van der Waals surface area contributed by atoms with E-state index in [2.05, 4.69) is 4.90 Å². The van der Waals surface area contributed by atoms with E-state index in [1.165, 1.54) is 6.07 Å². The number of nitrogens with two attached hydrogens (primary N) is 1. The van der Waals surface area contributed by atoms with Crippen LogP contribution in [0, 0.1) is 5.82 Å². The van der Waals surface area contributed by atoms with Crippen molar-refractivity contribution in [1.82, 2.24) is 4.90 Å². The highest BCUT2D eigenvalue weighted by Crippen LogP contribution is 2.10. The molecule has 0 saturated carbocycles. The van der Waals surface area contributed by atoms with E-state index in [-0.39, 0.29) is 24.1 Å². The number of likely N-dealkylation sites (tertiary alicyclic amines) is 1. The van der Waals surface area contributed by atoms with E-state index in [9.17, 15) is 9.18 Å². The fourth-order valence-corrected chi connectivity index (χ4v) is 2.27. The third-order valence-electron chi connectivity index (χ3n) is 3.38. The molecule has 0 bridgehead atoms. The number of Topliss-reactive ketones (excluding diaryl/α,β-unsaturated/α-hetero) is 1. The standard InChI is InChI=1S/C14H19FN2O/c15-14-4-2-1-3-11(14)9-13(18)10-17-7-5-12(16)6-8-17/h1-4,12H,5-10,16H2. The third-order valence-corrected chi connectivity index (χ3v) is 3.38. The number of carbonyl (C=O) groups is 1. The Kier molecular flexibility index (Phi) is 4.44. The highest BCUT2D eigenvalue weighted by atomic mass is 19.1. The Morgan fingerprint density at radius 2 is 2.00 bits per heavy atom. The summed E-state index contributed by atoms with van der Waals surface area (Å²) in [5.74, 6) is -0.234. The van der Waals surface area contributed by atoms with E-state index in [0.717, 1.165) is 25.9 Å². The first-order chi connectivity index (χ1) is 8.65. The highest BCUT2D eigenvalue weighted by molar-refractivity contribution is 5.82. The molecule has 18 heavy (non-hydrogen) atoms. The average molecular weight is 250 g/mol. The number of benzene rings is 1. The normalized spacial score (nSPS) is 17.9. The van der Waals surface area contributed by atoms with Crippen LogP contribution in [0.25, 0.3) is 0 Å². The predicted molar refractivity (Wildman–Crippen MR) is 68.8 cm³/mol. The number of piperidine rings is 1. The molecule has 1 heterocycles. The maximum absolute atomic E-state index is 13.4. The molecule has 0 aliphatic carbocycles. The van der Waals surface area contributed by atoms with Crippen LogP contribution in [0.15, 0.2) is 24.3 Å². The lowest BCUT2D eigenvalue weighted by Crippen LogP contribution is -2.42. The molecule has 4 heteroatoms. The first-order valence-electron chi connectivity index (χ1n) is 6.38. The van der Waals surface area contributed by atoms with Gasteiger partial charge in [-0.25, -0.2) is 4.39 Å². The van der Waals surface area contributed by atoms with E-state index < -0.39 is 0 Å². The van der Waals surface area contributed by atoms with Gasteiger partial charge in [0.15, 0.2) is 5.78 Å². The van der Waals surface area contributed by atoms with Crippen molar-refractivity contribution in [3.8, 4) is 0 Å². The minimum Gasteiger partial charge on any atom is -0.328 e. The van der Waals surface area contributed by atoms with Gasteiger partial charge in [-0.3, -0.25) is 9.69 Å². The van der Waals surface area contributed by atoms with E-state index in [4.69, 9.17) is 5.73 Å². The van der Waals surface area contributed by atoms with Gasteiger partial charge in [0, 0.05) is 25.6 Å². The SMILES string of the molecule is NC1CCN(CC(=O)Cc2ccccc2F)CC1. The molecule has 2 rings (SSSR count). The van der Waals surface area contributed by atoms with Crippen LogP contribution in [-0.2, 0) is 11.2 Å². The number of ketones is 1. The summed E-state index contributed by atoms with van der Waals surface area (Å²) < 4.78 is 13.4. The first-order valence-corrected chi connectivity index (χ1v) is 6.38. The van der Waals surface area contributed by atoms with Crippen LogP contribution in [0.3, 0.4) is 0 Å². The van der Waals surface area contributed by atoms with Crippen LogP contribution >= 0.6 is 0 Å². The number of nitrogens with zero attached hydrogens (tertiary/aromatic N) is 1. The van der Waals surface area contributed by atoms with Gasteiger partial charge >= 0.3 is 0 Å². The first kappa shape index (κ1) is 13.2. The van der Waals surface area contributed by atoms with Crippen molar-refractivity contribution in [2.75, 3.05) is 19.6 Å². The second-order valence-corrected chi connectivity index (χ2v) is 4.92. The monoisotopic (exact) mass is 250 g/mol. The van der Waals surface area contributed by atoms with Crippen molar-refractivity contribution in [2.24, 2.45) is 5.73 Å². The molecule has 0 unspecified atom stereocenters. The Hall–Kier alpha value is -1.26. The molecular weight excluding hydrogens is 231 g/mol. The van der Waals surface area contributed by atoms with Gasteiger partial charge in [-0.2, -0.15) is 0 Å². The lowest BCUT2D eigenvalue weighted by molar-refractivity contribution is -0.119. The van der Waals surface area contributed by atoms with E-state index in [1.807, 2.05) is 0 Å². The summed E-state index contributed by atoms with van der Waals surface area (Å²) in [6.45, 7) is 2.13. The van der Waals surface area contributed by atoms with Crippen molar-refractivity contribution in [1.29, 1.82) is 0 Å². The van der Waals surface area contributed by atoms with Crippen LogP contribution in [0.1, 0.15) is 18.4 Å². The Balaban J connectivity index is 1.84. The summed E-state index contributed by atoms with van der Waals surface area (Å²) in [6, 6.07) is 6.71. The van der Waals surface area contributed by atoms with Gasteiger partial charge in [0.2, 0.25) is 0 Å². The van der Waals surface area contributed by atoms with E-state index in [1.54, 1.807) is 18.2 Å². The molecule has 1 fully saturated rings. The Morgan fingerprint density at radius 1 is 1.33 bits per heavy atom. The van der Waals surface area contributed by atoms with Crippen molar-refractivity contribution in [3.05, 3.63) is 35.6 Å². The number of hydrogen-bond acceptors (Lipinski definition) is 3. The molecule has 1 aromatic rings. The zero-order valence-corrected chi connectivity index (χ0v) is 10.4. The summed E-state index contributed by atoms with van der Waals surface area (Å²) in [5.41, 5.74) is 6.29. The average Bonchev–Trinajstić information content (AvgIpc) is 2.35. The van der Waals surface area contributed by atoms with Gasteiger partial charge < -0.3 is 5.73 Å². The maximum atomic E-state index is 13.4. The zero-order chi connectivity index (χ0) is 13.0. The number of halogens is 1. The fourth-order valence-electron chi connectivity index (χ4n) is 2.27. The van der Waals surface area contributed by atoms with Crippen LogP contribution in [0.2, 0.25) is 0 Å². The largest absolute Gasteiger partial charge is 0.328 e. The van der Waals surface area contributed by atoms with Gasteiger partial charge in [-0.1, -0.05) is 18.2 Å². The molecule has 1 saturated heterocycles. The van der Waals surface area contributed by atoms with Crippen molar-refractivity contribution < 1.29 is 9.18 Å². The quantitative estimate of drug-likeness (QED) is 0.877. The van der Waals surface area contributed by atoms with E-state index >= 15 is 0 Å². The lowest BCUT2D eigenvalue weighted by Gasteiger charge is -2.29. The van der Waals surface area contributed by atoms with Crippen molar-refractivity contribution in [3.63, 3.8) is 0 Å². The Labute approximate surface area is 107 Å². The summed E-state index contributed by atoms with van der Waals surface area (Å²) in [6.07, 6.45) is 2.05. The number of carbonyl (C=O) groups excluding carboxylic acids is 1. The number of rotatable bonds is 4. The maximum Gasteiger partial charge on any atom is 0.151 e. The molecule has 98 valence electrons. The summed E-state index contributed by atoms with van der Waals surface area (Å²) >= 11 is 0. The van der Waals surface area contributed by atoms with Crippen molar-refractivity contribution in [2.45, 2.75) is 25.3 Å². The van der Waals surface area contributed by atoms with Crippen LogP contribution in [-0.4, -0.2) is 36.4 Å². The van der Waals surface area contributed by atoms with Crippen LogP contribution in [0.5, 0.6) is 0 Å². The minimum atomic E-state index is -0.300. The van der Waals surface area contributed by atoms with Gasteiger partial charge in [0.25, 0.3) is 0 Å². The second kappa shape index (κ2) is 6.07. The molecule has 0 spiro atoms. The molecule has 0 amide bonds. The Morgan fingerprint density at radius 3 is 2.67 bits per heavy atom. The lowest BCUT2D eigenvalue weighted by atomic mass is 10.0. The minimum absolute atomic E-state index is 0.0653. The van der Waals surface area contributed by atoms with Crippen LogP contribution < -0.4 is 5.73 Å². The predicted octanol–water partition coefficient (Wildman–Crippen LogP) is 1.36. The molecule has 0 aromatic heterocycles. The second-order valence-electron chi connectivity index (χ2n) is 4.92. The molecular formula is C14H19FN2O. The molecule has 1 aromatic carbocycles. The summed E-state index contributed by atoms with van der Waals surface area (Å²) in [7, 11) is 0.